The van der Waals surface area contributed by atoms with E-state index in [9.17, 15) is 5.11 Å². The molecule has 0 spiro atoms. The molecule has 3 nitrogen and oxygen atoms in total. The average Bonchev–Trinajstić information content (AvgIpc) is 2.98. The molecular formula is C14H17ClO3. The summed E-state index contributed by atoms with van der Waals surface area (Å²) < 4.78 is 11.1. The standard InChI is InChI=1S/C14H17ClO3/c15-12-5-10-1-3-18-13(10)11(6-12)7-14(8-16)2-4-17-9-14/h5-6,16H,1-4,7-9H2. The highest BCUT2D eigenvalue weighted by Gasteiger charge is 2.36. The number of aliphatic hydroxyl groups excluding tert-OH is 1. The van der Waals surface area contributed by atoms with Crippen molar-refractivity contribution in [3.63, 3.8) is 0 Å². The Morgan fingerprint density at radius 3 is 2.94 bits per heavy atom. The van der Waals surface area contributed by atoms with Gasteiger partial charge in [-0.3, -0.25) is 0 Å². The molecule has 0 bridgehead atoms. The van der Waals surface area contributed by atoms with Crippen molar-refractivity contribution in [2.24, 2.45) is 5.41 Å². The van der Waals surface area contributed by atoms with Crippen molar-refractivity contribution in [2.45, 2.75) is 19.3 Å². The molecule has 3 rings (SSSR count). The van der Waals surface area contributed by atoms with Crippen LogP contribution in [0.1, 0.15) is 17.5 Å². The molecule has 1 unspecified atom stereocenters. The lowest BCUT2D eigenvalue weighted by Crippen LogP contribution is -2.28. The van der Waals surface area contributed by atoms with Crippen molar-refractivity contribution in [3.05, 3.63) is 28.3 Å². The number of hydrogen-bond acceptors (Lipinski definition) is 3. The van der Waals surface area contributed by atoms with Crippen LogP contribution in [0.2, 0.25) is 5.02 Å². The van der Waals surface area contributed by atoms with Gasteiger partial charge in [-0.25, -0.2) is 0 Å². The predicted molar refractivity (Wildman–Crippen MR) is 69.3 cm³/mol. The second kappa shape index (κ2) is 4.72. The smallest absolute Gasteiger partial charge is 0.125 e. The van der Waals surface area contributed by atoms with Crippen molar-refractivity contribution in [3.8, 4) is 5.75 Å². The summed E-state index contributed by atoms with van der Waals surface area (Å²) in [6.45, 7) is 2.22. The summed E-state index contributed by atoms with van der Waals surface area (Å²) in [5, 5.41) is 10.4. The maximum atomic E-state index is 9.64. The Bertz CT molecular complexity index is 453. The molecule has 1 atom stereocenters. The van der Waals surface area contributed by atoms with Crippen LogP contribution in [0.4, 0.5) is 0 Å². The van der Waals surface area contributed by atoms with E-state index in [0.29, 0.717) is 6.61 Å². The Kier molecular flexibility index (Phi) is 3.22. The third-order valence-electron chi connectivity index (χ3n) is 3.91. The Morgan fingerprint density at radius 1 is 1.33 bits per heavy atom. The van der Waals surface area contributed by atoms with Gasteiger partial charge >= 0.3 is 0 Å². The summed E-state index contributed by atoms with van der Waals surface area (Å²) in [4.78, 5) is 0. The van der Waals surface area contributed by atoms with E-state index in [2.05, 4.69) is 0 Å². The van der Waals surface area contributed by atoms with Gasteiger partial charge in [0.1, 0.15) is 5.75 Å². The van der Waals surface area contributed by atoms with Crippen LogP contribution in [0, 0.1) is 5.41 Å². The third kappa shape index (κ3) is 2.11. The molecular weight excluding hydrogens is 252 g/mol. The van der Waals surface area contributed by atoms with Gasteiger partial charge in [0.05, 0.1) is 19.8 Å². The Labute approximate surface area is 112 Å². The predicted octanol–water partition coefficient (Wildman–Crippen LogP) is 2.22. The molecule has 1 saturated heterocycles. The monoisotopic (exact) mass is 268 g/mol. The third-order valence-corrected chi connectivity index (χ3v) is 4.13. The van der Waals surface area contributed by atoms with Gasteiger partial charge in [0.25, 0.3) is 0 Å². The number of benzene rings is 1. The number of halogens is 1. The van der Waals surface area contributed by atoms with Crippen LogP contribution < -0.4 is 4.74 Å². The van der Waals surface area contributed by atoms with Crippen LogP contribution in [0.15, 0.2) is 12.1 Å². The van der Waals surface area contributed by atoms with E-state index in [1.54, 1.807) is 0 Å². The molecule has 0 aliphatic carbocycles. The van der Waals surface area contributed by atoms with Crippen LogP contribution in [0.25, 0.3) is 0 Å². The van der Waals surface area contributed by atoms with Gasteiger partial charge in [0, 0.05) is 23.5 Å². The highest BCUT2D eigenvalue weighted by molar-refractivity contribution is 6.30. The van der Waals surface area contributed by atoms with Gasteiger partial charge < -0.3 is 14.6 Å². The van der Waals surface area contributed by atoms with E-state index < -0.39 is 0 Å². The molecule has 2 aliphatic heterocycles. The molecule has 1 fully saturated rings. The lowest BCUT2D eigenvalue weighted by atomic mass is 9.81. The molecule has 0 aromatic heterocycles. The molecule has 0 amide bonds. The van der Waals surface area contributed by atoms with Gasteiger partial charge in [0.2, 0.25) is 0 Å². The number of rotatable bonds is 3. The quantitative estimate of drug-likeness (QED) is 0.914. The maximum absolute atomic E-state index is 9.64. The van der Waals surface area contributed by atoms with Crippen LogP contribution in [-0.2, 0) is 17.6 Å². The fraction of sp³-hybridized carbons (Fsp3) is 0.571. The van der Waals surface area contributed by atoms with Crippen molar-refractivity contribution >= 4 is 11.6 Å². The zero-order valence-electron chi connectivity index (χ0n) is 10.2. The zero-order valence-corrected chi connectivity index (χ0v) is 11.0. The SMILES string of the molecule is OCC1(Cc2cc(Cl)cc3c2OCC3)CCOC1. The molecule has 2 heterocycles. The lowest BCUT2D eigenvalue weighted by Gasteiger charge is -2.25. The fourth-order valence-corrected chi connectivity index (χ4v) is 3.11. The molecule has 0 radical (unpaired) electrons. The van der Waals surface area contributed by atoms with E-state index in [1.807, 2.05) is 12.1 Å². The fourth-order valence-electron chi connectivity index (χ4n) is 2.85. The van der Waals surface area contributed by atoms with Gasteiger partial charge in [-0.05, 0) is 36.1 Å². The maximum Gasteiger partial charge on any atom is 0.125 e. The number of hydrogen-bond donors (Lipinski definition) is 1. The minimum atomic E-state index is -0.162. The molecule has 1 aromatic rings. The zero-order chi connectivity index (χ0) is 12.6. The summed E-state index contributed by atoms with van der Waals surface area (Å²) in [5.74, 6) is 0.971. The molecule has 4 heteroatoms. The largest absolute Gasteiger partial charge is 0.493 e. The topological polar surface area (TPSA) is 38.7 Å². The molecule has 0 saturated carbocycles. The molecule has 2 aliphatic rings. The van der Waals surface area contributed by atoms with Gasteiger partial charge in [-0.1, -0.05) is 11.6 Å². The van der Waals surface area contributed by atoms with Gasteiger partial charge in [-0.15, -0.1) is 0 Å². The average molecular weight is 269 g/mol. The van der Waals surface area contributed by atoms with E-state index >= 15 is 0 Å². The highest BCUT2D eigenvalue weighted by atomic mass is 35.5. The molecule has 98 valence electrons. The summed E-state index contributed by atoms with van der Waals surface area (Å²) in [6.07, 6.45) is 2.59. The first-order chi connectivity index (χ1) is 8.72. The van der Waals surface area contributed by atoms with E-state index in [1.165, 1.54) is 5.56 Å². The second-order valence-corrected chi connectivity index (χ2v) is 5.73. The summed E-state index contributed by atoms with van der Waals surface area (Å²) >= 11 is 6.15. The van der Waals surface area contributed by atoms with Crippen LogP contribution >= 0.6 is 11.6 Å². The van der Waals surface area contributed by atoms with Crippen molar-refractivity contribution in [1.82, 2.24) is 0 Å². The van der Waals surface area contributed by atoms with E-state index in [-0.39, 0.29) is 12.0 Å². The first-order valence-corrected chi connectivity index (χ1v) is 6.73. The molecule has 1 N–H and O–H groups in total. The molecule has 18 heavy (non-hydrogen) atoms. The molecule has 1 aromatic carbocycles. The first kappa shape index (κ1) is 12.3. The van der Waals surface area contributed by atoms with Gasteiger partial charge in [-0.2, -0.15) is 0 Å². The highest BCUT2D eigenvalue weighted by Crippen LogP contribution is 2.39. The van der Waals surface area contributed by atoms with Crippen LogP contribution in [-0.4, -0.2) is 31.5 Å². The lowest BCUT2D eigenvalue weighted by molar-refractivity contribution is 0.0930. The minimum Gasteiger partial charge on any atom is -0.493 e. The van der Waals surface area contributed by atoms with Crippen LogP contribution in [0.3, 0.4) is 0 Å². The van der Waals surface area contributed by atoms with E-state index in [4.69, 9.17) is 21.1 Å². The Morgan fingerprint density at radius 2 is 2.22 bits per heavy atom. The normalized spacial score (nSPS) is 26.1. The second-order valence-electron chi connectivity index (χ2n) is 5.29. The van der Waals surface area contributed by atoms with Crippen molar-refractivity contribution in [1.29, 1.82) is 0 Å². The summed E-state index contributed by atoms with van der Waals surface area (Å²) in [6, 6.07) is 3.94. The Balaban J connectivity index is 1.92. The van der Waals surface area contributed by atoms with Crippen molar-refractivity contribution in [2.75, 3.05) is 26.4 Å². The Hall–Kier alpha value is -0.770. The number of ether oxygens (including phenoxy) is 2. The van der Waals surface area contributed by atoms with E-state index in [0.717, 1.165) is 48.8 Å². The number of aliphatic hydroxyl groups is 1. The van der Waals surface area contributed by atoms with Gasteiger partial charge in [0.15, 0.2) is 0 Å². The summed E-state index contributed by atoms with van der Waals surface area (Å²) in [7, 11) is 0. The van der Waals surface area contributed by atoms with Crippen LogP contribution in [0.5, 0.6) is 5.75 Å². The first-order valence-electron chi connectivity index (χ1n) is 6.35. The summed E-state index contributed by atoms with van der Waals surface area (Å²) in [5.41, 5.74) is 2.13. The number of fused-ring (bicyclic) bond motifs is 1. The van der Waals surface area contributed by atoms with Crippen molar-refractivity contribution < 1.29 is 14.6 Å². The minimum absolute atomic E-state index is 0.147.